The topological polar surface area (TPSA) is 69.6 Å². The van der Waals surface area contributed by atoms with Crippen molar-refractivity contribution in [3.05, 3.63) is 41.9 Å². The molecule has 1 aromatic carbocycles. The van der Waals surface area contributed by atoms with E-state index in [-0.39, 0.29) is 17.7 Å². The van der Waals surface area contributed by atoms with Crippen molar-refractivity contribution in [2.75, 3.05) is 36.0 Å². The average molecular weight is 438 g/mol. The third kappa shape index (κ3) is 3.28. The van der Waals surface area contributed by atoms with E-state index in [1.807, 2.05) is 42.2 Å². The van der Waals surface area contributed by atoms with E-state index in [2.05, 4.69) is 23.7 Å². The molecule has 31 heavy (non-hydrogen) atoms. The van der Waals surface area contributed by atoms with Crippen LogP contribution in [0.5, 0.6) is 0 Å². The fourth-order valence-electron chi connectivity index (χ4n) is 4.66. The Bertz CT molecular complexity index is 1050. The smallest absolute Gasteiger partial charge is 0.259 e. The maximum absolute atomic E-state index is 13.7. The quantitative estimate of drug-likeness (QED) is 0.735. The Kier molecular flexibility index (Phi) is 4.92. The number of thioether (sulfide) groups is 1. The van der Waals surface area contributed by atoms with Gasteiger partial charge in [-0.15, -0.1) is 0 Å². The second-order valence-corrected chi connectivity index (χ2v) is 10.1. The summed E-state index contributed by atoms with van der Waals surface area (Å²) in [6, 6.07) is 9.86. The number of fused-ring (bicyclic) bond motifs is 3. The highest BCUT2D eigenvalue weighted by Gasteiger charge is 2.58. The predicted octanol–water partition coefficient (Wildman–Crippen LogP) is 3.19. The highest BCUT2D eigenvalue weighted by Crippen LogP contribution is 2.56. The van der Waals surface area contributed by atoms with E-state index in [1.165, 1.54) is 0 Å². The second-order valence-electron chi connectivity index (χ2n) is 8.74. The van der Waals surface area contributed by atoms with Gasteiger partial charge in [0.05, 0.1) is 5.69 Å². The molecule has 2 fully saturated rings. The molecular weight excluding hydrogens is 410 g/mol. The van der Waals surface area contributed by atoms with Crippen molar-refractivity contribution in [3.8, 4) is 0 Å². The summed E-state index contributed by atoms with van der Waals surface area (Å²) in [6.07, 6.45) is 0.984. The van der Waals surface area contributed by atoms with Crippen molar-refractivity contribution >= 4 is 35.1 Å². The van der Waals surface area contributed by atoms with E-state index >= 15 is 0 Å². The number of hydrogen-bond acceptors (Lipinski definition) is 6. The molecule has 3 aliphatic heterocycles. The summed E-state index contributed by atoms with van der Waals surface area (Å²) >= 11 is 1.54. The molecule has 5 rings (SSSR count). The maximum Gasteiger partial charge on any atom is 0.259 e. The molecule has 2 amide bonds. The first-order chi connectivity index (χ1) is 14.9. The Balaban J connectivity index is 1.34. The van der Waals surface area contributed by atoms with Crippen molar-refractivity contribution in [2.24, 2.45) is 0 Å². The standard InChI is InChI=1S/C23H27N5O2S/c1-15(2)21-24-16(3)14-19(25-21)26-10-12-27(13-11-26)22(30)23-9-8-20(29)28(23)17-6-4-5-7-18(17)31-23/h4-7,14-15H,8-13H2,1-3H3/t23-/m0/s1. The molecule has 0 unspecified atom stereocenters. The molecule has 2 aromatic rings. The number of para-hydroxylation sites is 1. The van der Waals surface area contributed by atoms with Crippen molar-refractivity contribution in [3.63, 3.8) is 0 Å². The van der Waals surface area contributed by atoms with E-state index in [0.29, 0.717) is 25.9 Å². The van der Waals surface area contributed by atoms with E-state index in [4.69, 9.17) is 4.98 Å². The molecule has 7 nitrogen and oxygen atoms in total. The van der Waals surface area contributed by atoms with Crippen LogP contribution in [0.4, 0.5) is 11.5 Å². The molecule has 0 radical (unpaired) electrons. The number of carbonyl (C=O) groups is 2. The van der Waals surface area contributed by atoms with Gasteiger partial charge in [-0.2, -0.15) is 0 Å². The van der Waals surface area contributed by atoms with Gasteiger partial charge in [0.1, 0.15) is 11.6 Å². The zero-order valence-corrected chi connectivity index (χ0v) is 19.0. The van der Waals surface area contributed by atoms with Crippen LogP contribution in [0.15, 0.2) is 35.2 Å². The van der Waals surface area contributed by atoms with Gasteiger partial charge in [-0.3, -0.25) is 14.5 Å². The van der Waals surface area contributed by atoms with E-state index in [0.717, 1.165) is 41.0 Å². The van der Waals surface area contributed by atoms with Crippen LogP contribution in [-0.4, -0.2) is 57.7 Å². The minimum absolute atomic E-state index is 0.0436. The van der Waals surface area contributed by atoms with Crippen molar-refractivity contribution in [2.45, 2.75) is 49.3 Å². The van der Waals surface area contributed by atoms with Gasteiger partial charge >= 0.3 is 0 Å². The highest BCUT2D eigenvalue weighted by atomic mass is 32.2. The number of nitrogens with zero attached hydrogens (tertiary/aromatic N) is 5. The minimum Gasteiger partial charge on any atom is -0.353 e. The van der Waals surface area contributed by atoms with Gasteiger partial charge in [-0.05, 0) is 25.5 Å². The molecule has 0 saturated carbocycles. The van der Waals surface area contributed by atoms with Crippen LogP contribution >= 0.6 is 11.8 Å². The third-order valence-corrected chi connectivity index (χ3v) is 7.74. The van der Waals surface area contributed by atoms with Gasteiger partial charge in [-0.1, -0.05) is 37.7 Å². The molecule has 1 aromatic heterocycles. The molecule has 4 heterocycles. The monoisotopic (exact) mass is 437 g/mol. The van der Waals surface area contributed by atoms with Crippen molar-refractivity contribution in [1.82, 2.24) is 14.9 Å². The number of piperazine rings is 1. The lowest BCUT2D eigenvalue weighted by Gasteiger charge is -2.40. The molecule has 1 atom stereocenters. The number of rotatable bonds is 3. The van der Waals surface area contributed by atoms with E-state index < -0.39 is 4.87 Å². The Hall–Kier alpha value is -2.61. The average Bonchev–Trinajstić information content (AvgIpc) is 3.28. The van der Waals surface area contributed by atoms with Crippen molar-refractivity contribution in [1.29, 1.82) is 0 Å². The lowest BCUT2D eigenvalue weighted by Crippen LogP contribution is -2.58. The first kappa shape index (κ1) is 20.3. The van der Waals surface area contributed by atoms with E-state index in [1.54, 1.807) is 16.7 Å². The van der Waals surface area contributed by atoms with Crippen LogP contribution in [-0.2, 0) is 9.59 Å². The first-order valence-corrected chi connectivity index (χ1v) is 11.7. The number of aromatic nitrogens is 2. The SMILES string of the molecule is Cc1cc(N2CCN(C(=O)[C@@]34CCC(=O)N3c3ccccc3S4)CC2)nc(C(C)C)n1. The predicted molar refractivity (Wildman–Crippen MR) is 121 cm³/mol. The molecule has 3 aliphatic rings. The van der Waals surface area contributed by atoms with Gasteiger partial charge in [0.2, 0.25) is 5.91 Å². The van der Waals surface area contributed by atoms with Crippen LogP contribution in [0.2, 0.25) is 0 Å². The van der Waals surface area contributed by atoms with Crippen LogP contribution in [0.1, 0.15) is 44.1 Å². The molecule has 8 heteroatoms. The fourth-order valence-corrected chi connectivity index (χ4v) is 6.15. The molecule has 2 saturated heterocycles. The summed E-state index contributed by atoms with van der Waals surface area (Å²) in [5.74, 6) is 2.16. The maximum atomic E-state index is 13.7. The largest absolute Gasteiger partial charge is 0.353 e. The number of aryl methyl sites for hydroxylation is 1. The summed E-state index contributed by atoms with van der Waals surface area (Å²) in [5, 5.41) is 0. The Morgan fingerprint density at radius 2 is 1.87 bits per heavy atom. The number of benzene rings is 1. The number of carbonyl (C=O) groups excluding carboxylic acids is 2. The normalized spacial score (nSPS) is 22.8. The minimum atomic E-state index is -0.820. The molecule has 0 bridgehead atoms. The van der Waals surface area contributed by atoms with Crippen LogP contribution < -0.4 is 9.80 Å². The zero-order chi connectivity index (χ0) is 21.8. The molecule has 0 N–H and O–H groups in total. The van der Waals surface area contributed by atoms with Gasteiger partial charge in [-0.25, -0.2) is 9.97 Å². The Morgan fingerprint density at radius 3 is 2.61 bits per heavy atom. The Morgan fingerprint density at radius 1 is 1.13 bits per heavy atom. The molecular formula is C23H27N5O2S. The zero-order valence-electron chi connectivity index (χ0n) is 18.2. The molecule has 162 valence electrons. The summed E-state index contributed by atoms with van der Waals surface area (Å²) in [5.41, 5.74) is 1.84. The molecule has 0 aliphatic carbocycles. The van der Waals surface area contributed by atoms with Crippen LogP contribution in [0, 0.1) is 6.92 Å². The summed E-state index contributed by atoms with van der Waals surface area (Å²) in [6.45, 7) is 8.89. The number of amides is 2. The Labute approximate surface area is 186 Å². The summed E-state index contributed by atoms with van der Waals surface area (Å²) in [4.78, 5) is 41.8. The summed E-state index contributed by atoms with van der Waals surface area (Å²) < 4.78 is 0. The highest BCUT2D eigenvalue weighted by molar-refractivity contribution is 8.02. The first-order valence-electron chi connectivity index (χ1n) is 10.9. The summed E-state index contributed by atoms with van der Waals surface area (Å²) in [7, 11) is 0. The van der Waals surface area contributed by atoms with Gasteiger partial charge in [0.25, 0.3) is 5.91 Å². The van der Waals surface area contributed by atoms with Crippen LogP contribution in [0.25, 0.3) is 0 Å². The number of hydrogen-bond donors (Lipinski definition) is 0. The van der Waals surface area contributed by atoms with Gasteiger partial charge in [0.15, 0.2) is 4.87 Å². The lowest BCUT2D eigenvalue weighted by molar-refractivity contribution is -0.134. The fraction of sp³-hybridized carbons (Fsp3) is 0.478. The van der Waals surface area contributed by atoms with Crippen molar-refractivity contribution < 1.29 is 9.59 Å². The lowest BCUT2D eigenvalue weighted by atomic mass is 10.1. The van der Waals surface area contributed by atoms with Gasteiger partial charge < -0.3 is 9.80 Å². The second kappa shape index (κ2) is 7.51. The number of anilines is 2. The van der Waals surface area contributed by atoms with E-state index in [9.17, 15) is 9.59 Å². The van der Waals surface area contributed by atoms with Crippen LogP contribution in [0.3, 0.4) is 0 Å². The van der Waals surface area contributed by atoms with Gasteiger partial charge in [0, 0.05) is 55.2 Å². The molecule has 0 spiro atoms. The third-order valence-electron chi connectivity index (χ3n) is 6.27.